The van der Waals surface area contributed by atoms with Crippen LogP contribution in [0.3, 0.4) is 0 Å². The number of hydrogen-bond donors (Lipinski definition) is 1. The van der Waals surface area contributed by atoms with E-state index in [4.69, 9.17) is 28.4 Å². The van der Waals surface area contributed by atoms with Crippen molar-refractivity contribution >= 4 is 23.9 Å². The van der Waals surface area contributed by atoms with Gasteiger partial charge < -0.3 is 33.5 Å². The molecule has 0 spiro atoms. The number of ether oxygens (including phenoxy) is 6. The molecule has 0 radical (unpaired) electrons. The van der Waals surface area contributed by atoms with Crippen LogP contribution in [-0.4, -0.2) is 84.4 Å². The Morgan fingerprint density at radius 2 is 1.94 bits per heavy atom. The van der Waals surface area contributed by atoms with Gasteiger partial charge in [0.05, 0.1) is 24.7 Å². The SMILES string of the molecule is C=C1C(=O)OC2C1C(OC(=O)C1(C)OC1C)C(O)/C(C(=O)OC)=C\C=C\C1(COC(C)=O)OC21. The maximum absolute atomic E-state index is 12.9. The quantitative estimate of drug-likeness (QED) is 0.244. The summed E-state index contributed by atoms with van der Waals surface area (Å²) in [6.07, 6.45) is -1.16. The molecular weight excluding hydrogens is 452 g/mol. The van der Waals surface area contributed by atoms with Gasteiger partial charge in [0.1, 0.15) is 31.0 Å². The van der Waals surface area contributed by atoms with Crippen LogP contribution in [0, 0.1) is 5.92 Å². The number of carbonyl (C=O) groups excluding carboxylic acids is 4. The molecule has 1 N–H and O–H groups in total. The van der Waals surface area contributed by atoms with Gasteiger partial charge in [-0.1, -0.05) is 12.7 Å². The van der Waals surface area contributed by atoms with Gasteiger partial charge >= 0.3 is 23.9 Å². The monoisotopic (exact) mass is 478 g/mol. The summed E-state index contributed by atoms with van der Waals surface area (Å²) < 4.78 is 32.2. The number of fused-ring (bicyclic) bond motifs is 3. The first kappa shape index (κ1) is 24.1. The highest BCUT2D eigenvalue weighted by Crippen LogP contribution is 2.50. The Balaban J connectivity index is 1.77. The third kappa shape index (κ3) is 3.93. The summed E-state index contributed by atoms with van der Waals surface area (Å²) in [4.78, 5) is 49.3. The van der Waals surface area contributed by atoms with Crippen molar-refractivity contribution in [1.29, 1.82) is 0 Å². The minimum atomic E-state index is -1.70. The Kier molecular flexibility index (Phi) is 5.91. The Bertz CT molecular complexity index is 1010. The van der Waals surface area contributed by atoms with Crippen LogP contribution < -0.4 is 0 Å². The van der Waals surface area contributed by atoms with Crippen molar-refractivity contribution in [1.82, 2.24) is 0 Å². The Morgan fingerprint density at radius 3 is 2.53 bits per heavy atom. The molecule has 0 aromatic carbocycles. The van der Waals surface area contributed by atoms with E-state index in [2.05, 4.69) is 6.58 Å². The van der Waals surface area contributed by atoms with Gasteiger partial charge in [0.25, 0.3) is 0 Å². The number of aliphatic hydroxyl groups excluding tert-OH is 1. The average Bonchev–Trinajstić information content (AvgIpc) is 3.64. The van der Waals surface area contributed by atoms with E-state index < -0.39 is 71.5 Å². The van der Waals surface area contributed by atoms with Crippen LogP contribution in [0.15, 0.2) is 36.0 Å². The number of rotatable bonds is 5. The van der Waals surface area contributed by atoms with Crippen LogP contribution in [0.5, 0.6) is 0 Å². The zero-order valence-electron chi connectivity index (χ0n) is 19.1. The van der Waals surface area contributed by atoms with Gasteiger partial charge in [-0.3, -0.25) is 4.79 Å². The fourth-order valence-corrected chi connectivity index (χ4v) is 4.32. The van der Waals surface area contributed by atoms with Gasteiger partial charge in [-0.05, 0) is 26.0 Å². The van der Waals surface area contributed by atoms with Crippen LogP contribution >= 0.6 is 0 Å². The molecule has 3 aliphatic heterocycles. The lowest BCUT2D eigenvalue weighted by Gasteiger charge is -2.31. The maximum Gasteiger partial charge on any atom is 0.341 e. The summed E-state index contributed by atoms with van der Waals surface area (Å²) in [5, 5.41) is 11.2. The van der Waals surface area contributed by atoms with Gasteiger partial charge in [0.15, 0.2) is 11.2 Å². The van der Waals surface area contributed by atoms with Gasteiger partial charge in [-0.2, -0.15) is 0 Å². The predicted molar refractivity (Wildman–Crippen MR) is 111 cm³/mol. The smallest absolute Gasteiger partial charge is 0.341 e. The van der Waals surface area contributed by atoms with E-state index in [-0.39, 0.29) is 17.8 Å². The number of allylic oxidation sites excluding steroid dienone is 2. The van der Waals surface area contributed by atoms with Crippen molar-refractivity contribution in [2.75, 3.05) is 13.7 Å². The topological polar surface area (TPSA) is 150 Å². The number of methoxy groups -OCH3 is 1. The van der Waals surface area contributed by atoms with Crippen LogP contribution in [-0.2, 0) is 47.6 Å². The normalized spacial score (nSPS) is 42.7. The molecule has 0 aromatic heterocycles. The van der Waals surface area contributed by atoms with E-state index in [0.29, 0.717) is 0 Å². The Morgan fingerprint density at radius 1 is 1.26 bits per heavy atom. The van der Waals surface area contributed by atoms with Crippen molar-refractivity contribution < 1.29 is 52.7 Å². The third-order valence-electron chi connectivity index (χ3n) is 6.68. The van der Waals surface area contributed by atoms with Crippen LogP contribution in [0.1, 0.15) is 20.8 Å². The van der Waals surface area contributed by atoms with Crippen LogP contribution in [0.25, 0.3) is 0 Å². The first-order chi connectivity index (χ1) is 15.9. The van der Waals surface area contributed by atoms with Gasteiger partial charge in [-0.15, -0.1) is 0 Å². The summed E-state index contributed by atoms with van der Waals surface area (Å²) in [6, 6.07) is 0. The van der Waals surface area contributed by atoms with Crippen molar-refractivity contribution in [2.45, 2.75) is 62.5 Å². The fourth-order valence-electron chi connectivity index (χ4n) is 4.32. The molecule has 11 nitrogen and oxygen atoms in total. The van der Waals surface area contributed by atoms with Crippen LogP contribution in [0.4, 0.5) is 0 Å². The largest absolute Gasteiger partial charge is 0.466 e. The van der Waals surface area contributed by atoms with Gasteiger partial charge in [0, 0.05) is 12.5 Å². The summed E-state index contributed by atoms with van der Waals surface area (Å²) in [5.41, 5.74) is -2.70. The Labute approximate surface area is 195 Å². The molecule has 0 bridgehead atoms. The lowest BCUT2D eigenvalue weighted by Crippen LogP contribution is -2.48. The molecule has 0 aromatic rings. The van der Waals surface area contributed by atoms with E-state index in [1.165, 1.54) is 32.1 Å². The van der Waals surface area contributed by atoms with Gasteiger partial charge in [0.2, 0.25) is 0 Å². The average molecular weight is 478 g/mol. The molecule has 4 aliphatic rings. The van der Waals surface area contributed by atoms with Crippen molar-refractivity contribution in [3.8, 4) is 0 Å². The second kappa shape index (κ2) is 8.33. The van der Waals surface area contributed by atoms with E-state index >= 15 is 0 Å². The first-order valence-electron chi connectivity index (χ1n) is 10.7. The molecule has 34 heavy (non-hydrogen) atoms. The lowest BCUT2D eigenvalue weighted by atomic mass is 9.81. The van der Waals surface area contributed by atoms with Crippen molar-refractivity contribution in [3.63, 3.8) is 0 Å². The number of carbonyl (C=O) groups is 4. The highest BCUT2D eigenvalue weighted by Gasteiger charge is 2.67. The molecule has 3 heterocycles. The predicted octanol–water partition coefficient (Wildman–Crippen LogP) is -0.0958. The standard InChI is InChI=1S/C23H26O11/c1-10-14-16(32-21(28)22(4)11(2)33-22)15(25)13(20(27)29-5)7-6-8-23(9-30-12(3)24)18(34-23)17(14)31-19(10)26/h6-8,11,14-18,25H,1,9H2,2-5H3/b8-6+,13-7+. The molecular formula is C23H26O11. The molecule has 0 amide bonds. The van der Waals surface area contributed by atoms with E-state index in [0.717, 1.165) is 7.11 Å². The molecule has 0 saturated carbocycles. The molecule has 8 atom stereocenters. The zero-order valence-corrected chi connectivity index (χ0v) is 19.1. The molecule has 1 aliphatic carbocycles. The molecule has 184 valence electrons. The van der Waals surface area contributed by atoms with Crippen molar-refractivity contribution in [2.24, 2.45) is 5.92 Å². The second-order valence-corrected chi connectivity index (χ2v) is 8.85. The molecule has 11 heteroatoms. The molecule has 8 unspecified atom stereocenters. The van der Waals surface area contributed by atoms with Crippen LogP contribution in [0.2, 0.25) is 0 Å². The van der Waals surface area contributed by atoms with E-state index in [9.17, 15) is 24.3 Å². The highest BCUT2D eigenvalue weighted by molar-refractivity contribution is 5.93. The van der Waals surface area contributed by atoms with E-state index in [1.54, 1.807) is 6.92 Å². The third-order valence-corrected chi connectivity index (χ3v) is 6.68. The molecule has 3 fully saturated rings. The number of epoxide rings is 2. The maximum atomic E-state index is 12.9. The highest BCUT2D eigenvalue weighted by atomic mass is 16.7. The summed E-state index contributed by atoms with van der Waals surface area (Å²) >= 11 is 0. The Hall–Kier alpha value is -3.02. The molecule has 4 rings (SSSR count). The summed E-state index contributed by atoms with van der Waals surface area (Å²) in [6.45, 7) is 8.03. The zero-order chi connectivity index (χ0) is 25.0. The molecule has 3 saturated heterocycles. The van der Waals surface area contributed by atoms with E-state index in [1.807, 2.05) is 0 Å². The number of esters is 4. The minimum absolute atomic E-state index is 0.0672. The summed E-state index contributed by atoms with van der Waals surface area (Å²) in [7, 11) is 1.13. The van der Waals surface area contributed by atoms with Crippen molar-refractivity contribution in [3.05, 3.63) is 36.0 Å². The minimum Gasteiger partial charge on any atom is -0.466 e. The fraction of sp³-hybridized carbons (Fsp3) is 0.565. The number of aliphatic hydroxyl groups is 1. The lowest BCUT2D eigenvalue weighted by molar-refractivity contribution is -0.166. The number of hydrogen-bond acceptors (Lipinski definition) is 11. The van der Waals surface area contributed by atoms with Gasteiger partial charge in [-0.25, -0.2) is 14.4 Å². The first-order valence-corrected chi connectivity index (χ1v) is 10.7. The second-order valence-electron chi connectivity index (χ2n) is 8.85. The summed E-state index contributed by atoms with van der Waals surface area (Å²) in [5.74, 6) is -4.05.